The van der Waals surface area contributed by atoms with E-state index < -0.39 is 0 Å². The van der Waals surface area contributed by atoms with E-state index in [4.69, 9.17) is 10.5 Å². The molecule has 0 aliphatic carbocycles. The minimum Gasteiger partial charge on any atom is -0.398 e. The van der Waals surface area contributed by atoms with Gasteiger partial charge in [-0.05, 0) is 37.3 Å². The molecule has 2 nitrogen and oxygen atoms in total. The Morgan fingerprint density at radius 2 is 2.12 bits per heavy atom. The predicted octanol–water partition coefficient (Wildman–Crippen LogP) is 3.10. The van der Waals surface area contributed by atoms with Gasteiger partial charge in [-0.3, -0.25) is 0 Å². The smallest absolute Gasteiger partial charge is 0.0481 e. The molecule has 16 heavy (non-hydrogen) atoms. The van der Waals surface area contributed by atoms with Gasteiger partial charge in [-0.25, -0.2) is 0 Å². The number of para-hydroxylation sites is 1. The van der Waals surface area contributed by atoms with Gasteiger partial charge in [-0.15, -0.1) is 11.8 Å². The van der Waals surface area contributed by atoms with Crippen LogP contribution in [-0.2, 0) is 4.74 Å². The number of nitrogens with two attached hydrogens (primary N) is 1. The van der Waals surface area contributed by atoms with Crippen LogP contribution in [0.1, 0.15) is 18.4 Å². The van der Waals surface area contributed by atoms with Crippen molar-refractivity contribution in [2.45, 2.75) is 24.7 Å². The SMILES string of the molecule is Cc1cccc(SCC2CCOCC2)c1N. The summed E-state index contributed by atoms with van der Waals surface area (Å²) in [6.45, 7) is 3.91. The maximum absolute atomic E-state index is 6.05. The summed E-state index contributed by atoms with van der Waals surface area (Å²) in [4.78, 5) is 1.23. The highest BCUT2D eigenvalue weighted by Gasteiger charge is 2.14. The molecule has 0 amide bonds. The summed E-state index contributed by atoms with van der Waals surface area (Å²) in [5, 5.41) is 0. The van der Waals surface area contributed by atoms with Crippen LogP contribution in [0.3, 0.4) is 0 Å². The van der Waals surface area contributed by atoms with E-state index in [1.165, 1.54) is 23.3 Å². The Balaban J connectivity index is 1.91. The number of hydrogen-bond donors (Lipinski definition) is 1. The Hall–Kier alpha value is -0.670. The number of benzene rings is 1. The molecule has 0 unspecified atom stereocenters. The fourth-order valence-corrected chi connectivity index (χ4v) is 3.14. The average Bonchev–Trinajstić information content (AvgIpc) is 2.32. The number of aryl methyl sites for hydroxylation is 1. The summed E-state index contributed by atoms with van der Waals surface area (Å²) in [7, 11) is 0. The molecule has 1 fully saturated rings. The van der Waals surface area contributed by atoms with Gasteiger partial charge in [0, 0.05) is 29.5 Å². The van der Waals surface area contributed by atoms with Crippen molar-refractivity contribution >= 4 is 17.4 Å². The minimum atomic E-state index is 0.790. The van der Waals surface area contributed by atoms with Crippen LogP contribution in [-0.4, -0.2) is 19.0 Å². The van der Waals surface area contributed by atoms with E-state index in [0.717, 1.165) is 30.6 Å². The van der Waals surface area contributed by atoms with Crippen LogP contribution in [0, 0.1) is 12.8 Å². The number of rotatable bonds is 3. The molecule has 1 aromatic rings. The Morgan fingerprint density at radius 1 is 1.38 bits per heavy atom. The van der Waals surface area contributed by atoms with E-state index >= 15 is 0 Å². The van der Waals surface area contributed by atoms with Crippen LogP contribution in [0.2, 0.25) is 0 Å². The maximum atomic E-state index is 6.05. The van der Waals surface area contributed by atoms with Crippen LogP contribution in [0.15, 0.2) is 23.1 Å². The lowest BCUT2D eigenvalue weighted by Crippen LogP contribution is -2.17. The first kappa shape index (κ1) is 11.8. The molecule has 2 N–H and O–H groups in total. The predicted molar refractivity (Wildman–Crippen MR) is 69.9 cm³/mol. The molecule has 3 heteroatoms. The summed E-state index contributed by atoms with van der Waals surface area (Å²) < 4.78 is 5.36. The normalized spacial score (nSPS) is 17.6. The van der Waals surface area contributed by atoms with Crippen molar-refractivity contribution < 1.29 is 4.74 Å². The lowest BCUT2D eigenvalue weighted by Gasteiger charge is -2.21. The second kappa shape index (κ2) is 5.60. The molecule has 1 aliphatic heterocycles. The number of ether oxygens (including phenoxy) is 1. The highest BCUT2D eigenvalue weighted by atomic mass is 32.2. The quantitative estimate of drug-likeness (QED) is 0.648. The van der Waals surface area contributed by atoms with Gasteiger partial charge in [0.25, 0.3) is 0 Å². The molecule has 0 radical (unpaired) electrons. The Kier molecular flexibility index (Phi) is 4.13. The summed E-state index contributed by atoms with van der Waals surface area (Å²) in [5.41, 5.74) is 8.17. The molecule has 0 bridgehead atoms. The second-order valence-corrected chi connectivity index (χ2v) is 5.42. The molecule has 0 saturated carbocycles. The summed E-state index contributed by atoms with van der Waals surface area (Å²) >= 11 is 1.89. The van der Waals surface area contributed by atoms with Crippen molar-refractivity contribution in [2.24, 2.45) is 5.92 Å². The van der Waals surface area contributed by atoms with E-state index in [2.05, 4.69) is 25.1 Å². The molecule has 0 spiro atoms. The monoisotopic (exact) mass is 237 g/mol. The van der Waals surface area contributed by atoms with Gasteiger partial charge in [0.15, 0.2) is 0 Å². The zero-order chi connectivity index (χ0) is 11.4. The van der Waals surface area contributed by atoms with Crippen molar-refractivity contribution in [3.63, 3.8) is 0 Å². The summed E-state index contributed by atoms with van der Waals surface area (Å²) in [5.74, 6) is 1.95. The molecule has 1 aliphatic rings. The Bertz CT molecular complexity index is 348. The van der Waals surface area contributed by atoms with Crippen molar-refractivity contribution in [3.05, 3.63) is 23.8 Å². The molecular weight excluding hydrogens is 218 g/mol. The van der Waals surface area contributed by atoms with E-state index in [-0.39, 0.29) is 0 Å². The van der Waals surface area contributed by atoms with Gasteiger partial charge in [-0.2, -0.15) is 0 Å². The number of hydrogen-bond acceptors (Lipinski definition) is 3. The molecule has 0 atom stereocenters. The fraction of sp³-hybridized carbons (Fsp3) is 0.538. The lowest BCUT2D eigenvalue weighted by molar-refractivity contribution is 0.0728. The lowest BCUT2D eigenvalue weighted by atomic mass is 10.0. The van der Waals surface area contributed by atoms with Crippen molar-refractivity contribution in [3.8, 4) is 0 Å². The molecular formula is C13H19NOS. The summed E-state index contributed by atoms with van der Waals surface area (Å²) in [6.07, 6.45) is 2.39. The van der Waals surface area contributed by atoms with Crippen molar-refractivity contribution in [1.29, 1.82) is 0 Å². The van der Waals surface area contributed by atoms with Gasteiger partial charge in [0.2, 0.25) is 0 Å². The van der Waals surface area contributed by atoms with Gasteiger partial charge >= 0.3 is 0 Å². The molecule has 2 rings (SSSR count). The third-order valence-electron chi connectivity index (χ3n) is 3.10. The van der Waals surface area contributed by atoms with Crippen molar-refractivity contribution in [1.82, 2.24) is 0 Å². The number of thioether (sulfide) groups is 1. The first-order valence-electron chi connectivity index (χ1n) is 5.83. The highest BCUT2D eigenvalue weighted by molar-refractivity contribution is 7.99. The standard InChI is InChI=1S/C13H19NOS/c1-10-3-2-4-12(13(10)14)16-9-11-5-7-15-8-6-11/h2-4,11H,5-9,14H2,1H3. The first-order chi connectivity index (χ1) is 7.77. The van der Waals surface area contributed by atoms with Gasteiger partial charge < -0.3 is 10.5 Å². The van der Waals surface area contributed by atoms with E-state index in [9.17, 15) is 0 Å². The molecule has 1 heterocycles. The van der Waals surface area contributed by atoms with Crippen LogP contribution < -0.4 is 5.73 Å². The molecule has 1 saturated heterocycles. The molecule has 0 aromatic heterocycles. The largest absolute Gasteiger partial charge is 0.398 e. The zero-order valence-electron chi connectivity index (χ0n) is 9.74. The Labute approximate surface area is 102 Å². The van der Waals surface area contributed by atoms with Crippen LogP contribution in [0.5, 0.6) is 0 Å². The molecule has 1 aromatic carbocycles. The minimum absolute atomic E-state index is 0.790. The van der Waals surface area contributed by atoms with Gasteiger partial charge in [-0.1, -0.05) is 12.1 Å². The van der Waals surface area contributed by atoms with Gasteiger partial charge in [0.05, 0.1) is 0 Å². The van der Waals surface area contributed by atoms with E-state index in [1.54, 1.807) is 0 Å². The average molecular weight is 237 g/mol. The van der Waals surface area contributed by atoms with E-state index in [1.807, 2.05) is 11.8 Å². The zero-order valence-corrected chi connectivity index (χ0v) is 10.6. The maximum Gasteiger partial charge on any atom is 0.0481 e. The first-order valence-corrected chi connectivity index (χ1v) is 6.81. The van der Waals surface area contributed by atoms with Crippen LogP contribution >= 0.6 is 11.8 Å². The van der Waals surface area contributed by atoms with E-state index in [0.29, 0.717) is 0 Å². The Morgan fingerprint density at radius 3 is 2.88 bits per heavy atom. The molecule has 88 valence electrons. The number of anilines is 1. The van der Waals surface area contributed by atoms with Crippen molar-refractivity contribution in [2.75, 3.05) is 24.7 Å². The van der Waals surface area contributed by atoms with Crippen LogP contribution in [0.25, 0.3) is 0 Å². The van der Waals surface area contributed by atoms with Gasteiger partial charge in [0.1, 0.15) is 0 Å². The second-order valence-electron chi connectivity index (χ2n) is 4.35. The topological polar surface area (TPSA) is 35.2 Å². The highest BCUT2D eigenvalue weighted by Crippen LogP contribution is 2.31. The van der Waals surface area contributed by atoms with Crippen LogP contribution in [0.4, 0.5) is 5.69 Å². The summed E-state index contributed by atoms with van der Waals surface area (Å²) in [6, 6.07) is 6.26. The fourth-order valence-electron chi connectivity index (χ4n) is 1.90. The number of nitrogen functional groups attached to an aromatic ring is 1. The third-order valence-corrected chi connectivity index (χ3v) is 4.40. The third kappa shape index (κ3) is 2.92.